The van der Waals surface area contributed by atoms with E-state index in [1.807, 2.05) is 0 Å². The Morgan fingerprint density at radius 3 is 1.83 bits per heavy atom. The summed E-state index contributed by atoms with van der Waals surface area (Å²) in [5.74, 6) is 0. The summed E-state index contributed by atoms with van der Waals surface area (Å²) in [5.41, 5.74) is 0. The topological polar surface area (TPSA) is 75.6 Å². The third-order valence-electron chi connectivity index (χ3n) is 4.26. The van der Waals surface area contributed by atoms with Gasteiger partial charge in [-0.2, -0.15) is 0 Å². The van der Waals surface area contributed by atoms with Crippen molar-refractivity contribution < 1.29 is 36.3 Å². The van der Waals surface area contributed by atoms with Gasteiger partial charge in [0.25, 0.3) is 0 Å². The van der Waals surface area contributed by atoms with Gasteiger partial charge in [-0.25, -0.2) is 0 Å². The minimum atomic E-state index is -0.576. The monoisotopic (exact) mass is 352 g/mol. The van der Waals surface area contributed by atoms with Gasteiger partial charge in [0.1, 0.15) is 12.2 Å². The lowest BCUT2D eigenvalue weighted by atomic mass is 10.1. The smallest absolute Gasteiger partial charge is 0.107 e. The molecule has 0 aliphatic carbocycles. The first kappa shape index (κ1) is 17.1. The van der Waals surface area contributed by atoms with E-state index in [1.54, 1.807) is 14.2 Å². The van der Waals surface area contributed by atoms with Crippen LogP contribution in [0.1, 0.15) is 28.4 Å². The largest absolute Gasteiger partial charge is 0.393 e. The molecule has 0 spiro atoms. The first-order chi connectivity index (χ1) is 12.5. The lowest BCUT2D eigenvalue weighted by Gasteiger charge is -2.20. The Morgan fingerprint density at radius 2 is 1.42 bits per heavy atom. The zero-order chi connectivity index (χ0) is 18.9. The van der Waals surface area contributed by atoms with E-state index in [9.17, 15) is 5.11 Å². The summed E-state index contributed by atoms with van der Waals surface area (Å²) in [4.78, 5) is 0. The molecular weight excluding hydrogens is 316 g/mol. The van der Waals surface area contributed by atoms with Crippen molar-refractivity contribution in [1.29, 1.82) is 0 Å². The summed E-state index contributed by atoms with van der Waals surface area (Å²) < 4.78 is 47.9. The molecule has 2 rings (SSSR count). The van der Waals surface area contributed by atoms with Gasteiger partial charge in [-0.05, 0) is 25.7 Å². The molecule has 2 aliphatic heterocycles. The van der Waals surface area contributed by atoms with E-state index in [0.717, 1.165) is 0 Å². The average molecular weight is 352 g/mol. The van der Waals surface area contributed by atoms with E-state index in [-0.39, 0.29) is 24.4 Å². The first-order valence-corrected chi connectivity index (χ1v) is 8.58. The molecule has 0 bridgehead atoms. The van der Waals surface area contributed by atoms with Crippen molar-refractivity contribution in [2.75, 3.05) is 53.8 Å². The van der Waals surface area contributed by atoms with Gasteiger partial charge in [0, 0.05) is 40.6 Å². The fraction of sp³-hybridized carbons (Fsp3) is 1.00. The van der Waals surface area contributed by atoms with Crippen LogP contribution in [0, 0.1) is 0 Å². The molecule has 0 amide bonds. The summed E-state index contributed by atoms with van der Waals surface area (Å²) in [5, 5.41) is 10.1. The molecule has 7 heteroatoms. The zero-order valence-corrected chi connectivity index (χ0v) is 14.6. The first-order valence-electron chi connectivity index (χ1n) is 9.73. The Bertz CT molecular complexity index is 356. The minimum absolute atomic E-state index is 0.166. The van der Waals surface area contributed by atoms with Crippen LogP contribution in [0.25, 0.3) is 0 Å². The van der Waals surface area contributed by atoms with E-state index < -0.39 is 19.3 Å². The molecule has 1 N–H and O–H groups in total. The Morgan fingerprint density at radius 1 is 0.958 bits per heavy atom. The molecule has 2 fully saturated rings. The van der Waals surface area contributed by atoms with Crippen LogP contribution in [-0.4, -0.2) is 89.4 Å². The van der Waals surface area contributed by atoms with Crippen molar-refractivity contribution in [2.24, 2.45) is 0 Å². The number of aliphatic hydroxyl groups excluding tert-OH is 1. The molecule has 142 valence electrons. The predicted molar refractivity (Wildman–Crippen MR) is 87.2 cm³/mol. The van der Waals surface area contributed by atoms with Gasteiger partial charge in [0.05, 0.1) is 34.3 Å². The summed E-state index contributed by atoms with van der Waals surface area (Å²) in [6.45, 7) is 0.450. The van der Waals surface area contributed by atoms with Gasteiger partial charge in [-0.15, -0.1) is 0 Å². The van der Waals surface area contributed by atoms with E-state index in [0.29, 0.717) is 52.1 Å². The SMILES string of the molecule is [3H][C@H]1CC(OCCC(O)CCOC2C[C@H]([3H])O[C@@H]2COC)[C@@H](COC)O1. The van der Waals surface area contributed by atoms with Crippen molar-refractivity contribution in [3.05, 3.63) is 0 Å². The maximum atomic E-state index is 10.1. The highest BCUT2D eigenvalue weighted by molar-refractivity contribution is 4.78. The number of aliphatic hydroxyl groups is 1. The molecular formula is C17H32O7. The molecule has 0 aromatic heterocycles. The predicted octanol–water partition coefficient (Wildman–Crippen LogP) is 0.769. The Hall–Kier alpha value is -0.280. The van der Waals surface area contributed by atoms with Gasteiger partial charge in [-0.3, -0.25) is 0 Å². The third-order valence-corrected chi connectivity index (χ3v) is 4.26. The van der Waals surface area contributed by atoms with Gasteiger partial charge in [0.15, 0.2) is 0 Å². The molecule has 24 heavy (non-hydrogen) atoms. The highest BCUT2D eigenvalue weighted by Gasteiger charge is 2.30. The van der Waals surface area contributed by atoms with Crippen LogP contribution in [0.3, 0.4) is 0 Å². The Balaban J connectivity index is 1.58. The highest BCUT2D eigenvalue weighted by atomic mass is 16.6. The van der Waals surface area contributed by atoms with Crippen LogP contribution >= 0.6 is 0 Å². The second kappa shape index (κ2) is 11.4. The van der Waals surface area contributed by atoms with Crippen molar-refractivity contribution in [3.8, 4) is 0 Å². The third kappa shape index (κ3) is 6.55. The standard InChI is InChI=1S/C17H32O7/c1-19-11-16-14(5-9-23-16)21-7-3-13(18)4-8-22-15-6-10-24-17(15)12-20-2/h13-18H,3-12H2,1-2H3/t13?,14?,15?,16-,17-/m1/s1/i9T,10T/t9-,10-,13?,14?,15?,16+,17+/m0. The molecule has 0 aromatic carbocycles. The van der Waals surface area contributed by atoms with Gasteiger partial charge in [-0.1, -0.05) is 0 Å². The molecule has 2 saturated heterocycles. The molecule has 0 aromatic rings. The lowest BCUT2D eigenvalue weighted by Crippen LogP contribution is -2.30. The average Bonchev–Trinajstić information content (AvgIpc) is 3.11. The maximum Gasteiger partial charge on any atom is 0.107 e. The number of hydrogen-bond acceptors (Lipinski definition) is 7. The van der Waals surface area contributed by atoms with Crippen LogP contribution < -0.4 is 0 Å². The minimum Gasteiger partial charge on any atom is -0.393 e. The molecule has 0 saturated carbocycles. The lowest BCUT2D eigenvalue weighted by molar-refractivity contribution is -0.0574. The number of methoxy groups -OCH3 is 2. The molecule has 2 unspecified atom stereocenters. The van der Waals surface area contributed by atoms with E-state index >= 15 is 0 Å². The van der Waals surface area contributed by atoms with Crippen molar-refractivity contribution in [1.82, 2.24) is 0 Å². The Kier molecular flexibility index (Phi) is 8.12. The molecule has 7 nitrogen and oxygen atoms in total. The number of rotatable bonds is 12. The van der Waals surface area contributed by atoms with E-state index in [1.165, 1.54) is 0 Å². The van der Waals surface area contributed by atoms with Crippen LogP contribution in [-0.2, 0) is 28.4 Å². The summed E-state index contributed by atoms with van der Waals surface area (Å²) >= 11 is 0. The van der Waals surface area contributed by atoms with Gasteiger partial charge < -0.3 is 33.5 Å². The van der Waals surface area contributed by atoms with E-state index in [4.69, 9.17) is 31.2 Å². The second-order valence-corrected chi connectivity index (χ2v) is 6.11. The molecule has 2 heterocycles. The highest BCUT2D eigenvalue weighted by Crippen LogP contribution is 2.19. The fourth-order valence-corrected chi connectivity index (χ4v) is 2.85. The number of hydrogen-bond donors (Lipinski definition) is 1. The van der Waals surface area contributed by atoms with Gasteiger partial charge in [0.2, 0.25) is 0 Å². The summed E-state index contributed by atoms with van der Waals surface area (Å²) in [6, 6.07) is 0. The maximum absolute atomic E-state index is 10.1. The quantitative estimate of drug-likeness (QED) is 0.556. The van der Waals surface area contributed by atoms with Crippen molar-refractivity contribution in [3.63, 3.8) is 0 Å². The molecule has 2 aliphatic rings. The molecule has 0 radical (unpaired) electrons. The van der Waals surface area contributed by atoms with Crippen LogP contribution in [0.2, 0.25) is 0 Å². The number of ether oxygens (including phenoxy) is 6. The molecule has 6 atom stereocenters. The summed E-state index contributed by atoms with van der Waals surface area (Å²) in [6.07, 6.45) is 0.717. The van der Waals surface area contributed by atoms with Crippen LogP contribution in [0.15, 0.2) is 0 Å². The Labute approximate surface area is 147 Å². The summed E-state index contributed by atoms with van der Waals surface area (Å²) in [7, 11) is 3.19. The van der Waals surface area contributed by atoms with Gasteiger partial charge >= 0.3 is 0 Å². The fourth-order valence-electron chi connectivity index (χ4n) is 2.85. The van der Waals surface area contributed by atoms with Crippen LogP contribution in [0.4, 0.5) is 0 Å². The van der Waals surface area contributed by atoms with Crippen molar-refractivity contribution >= 4 is 0 Å². The zero-order valence-electron chi connectivity index (χ0n) is 16.6. The second-order valence-electron chi connectivity index (χ2n) is 6.11. The van der Waals surface area contributed by atoms with Crippen LogP contribution in [0.5, 0.6) is 0 Å². The van der Waals surface area contributed by atoms with Crippen molar-refractivity contribution in [2.45, 2.75) is 56.2 Å². The van der Waals surface area contributed by atoms with E-state index in [2.05, 4.69) is 0 Å². The normalized spacial score (nSPS) is 39.0.